The lowest BCUT2D eigenvalue weighted by atomic mass is 10.6. The van der Waals surface area contributed by atoms with Crippen molar-refractivity contribution >= 4 is 6.09 Å². The van der Waals surface area contributed by atoms with Gasteiger partial charge in [-0.15, -0.1) is 0 Å². The highest BCUT2D eigenvalue weighted by molar-refractivity contribution is 5.67. The number of hydrogen-bond donors (Lipinski definition) is 0. The molecule has 0 N–H and O–H groups in total. The average molecular weight is 141 g/mol. The van der Waals surface area contributed by atoms with Crippen LogP contribution in [0.5, 0.6) is 0 Å². The molecule has 0 radical (unpaired) electrons. The zero-order chi connectivity index (χ0) is 7.98. The lowest BCUT2D eigenvalue weighted by molar-refractivity contribution is 0.156. The molecule has 0 aromatic heterocycles. The van der Waals surface area contributed by atoms with Gasteiger partial charge in [0, 0.05) is 14.1 Å². The molecule has 0 bridgehead atoms. The van der Waals surface area contributed by atoms with Crippen LogP contribution in [-0.4, -0.2) is 25.1 Å². The molecule has 10 heavy (non-hydrogen) atoms. The topological polar surface area (TPSA) is 29.5 Å². The summed E-state index contributed by atoms with van der Waals surface area (Å²) in [4.78, 5) is 12.0. The van der Waals surface area contributed by atoms with Crippen molar-refractivity contribution in [1.82, 2.24) is 4.90 Å². The summed E-state index contributed by atoms with van der Waals surface area (Å²) in [6.45, 7) is 3.41. The minimum absolute atomic E-state index is 0.391. The molecule has 0 aliphatic carbocycles. The van der Waals surface area contributed by atoms with E-state index in [4.69, 9.17) is 0 Å². The lowest BCUT2D eigenvalue weighted by Gasteiger charge is -2.06. The largest absolute Gasteiger partial charge is 0.418 e. The minimum atomic E-state index is -0.391. The molecule has 0 aliphatic heterocycles. The SMILES string of the molecule is C=C/C=C/OC(=O)N(C)C. The van der Waals surface area contributed by atoms with Gasteiger partial charge in [0.15, 0.2) is 0 Å². The number of allylic oxidation sites excluding steroid dienone is 2. The molecule has 0 atom stereocenters. The summed E-state index contributed by atoms with van der Waals surface area (Å²) in [5.74, 6) is 0. The first kappa shape index (κ1) is 8.75. The first-order valence-corrected chi connectivity index (χ1v) is 2.84. The normalized spacial score (nSPS) is 9.40. The Balaban J connectivity index is 3.59. The number of nitrogens with zero attached hydrogens (tertiary/aromatic N) is 1. The molecule has 0 aliphatic rings. The van der Waals surface area contributed by atoms with Crippen molar-refractivity contribution in [2.24, 2.45) is 0 Å². The van der Waals surface area contributed by atoms with Crippen molar-refractivity contribution in [2.45, 2.75) is 0 Å². The maximum absolute atomic E-state index is 10.6. The first-order chi connectivity index (χ1) is 4.68. The molecule has 56 valence electrons. The van der Waals surface area contributed by atoms with Crippen molar-refractivity contribution in [3.05, 3.63) is 25.0 Å². The molecule has 0 aromatic rings. The highest BCUT2D eigenvalue weighted by Gasteiger charge is 1.99. The Kier molecular flexibility index (Phi) is 4.04. The van der Waals surface area contributed by atoms with E-state index in [1.54, 1.807) is 20.2 Å². The monoisotopic (exact) mass is 141 g/mol. The van der Waals surface area contributed by atoms with Crippen molar-refractivity contribution in [3.8, 4) is 0 Å². The standard InChI is InChI=1S/C7H11NO2/c1-4-5-6-10-7(9)8(2)3/h4-6H,1H2,2-3H3/b6-5+. The van der Waals surface area contributed by atoms with Crippen LogP contribution in [0, 0.1) is 0 Å². The van der Waals surface area contributed by atoms with Crippen molar-refractivity contribution in [3.63, 3.8) is 0 Å². The van der Waals surface area contributed by atoms with E-state index in [9.17, 15) is 4.79 Å². The maximum atomic E-state index is 10.6. The number of amides is 1. The van der Waals surface area contributed by atoms with Crippen LogP contribution in [-0.2, 0) is 4.74 Å². The second kappa shape index (κ2) is 4.61. The second-order valence-electron chi connectivity index (χ2n) is 1.84. The predicted molar refractivity (Wildman–Crippen MR) is 39.5 cm³/mol. The van der Waals surface area contributed by atoms with E-state index in [0.717, 1.165) is 0 Å². The van der Waals surface area contributed by atoms with Gasteiger partial charge in [-0.1, -0.05) is 12.7 Å². The summed E-state index contributed by atoms with van der Waals surface area (Å²) in [5.41, 5.74) is 0. The zero-order valence-corrected chi connectivity index (χ0v) is 6.20. The van der Waals surface area contributed by atoms with Gasteiger partial charge < -0.3 is 9.64 Å². The van der Waals surface area contributed by atoms with Gasteiger partial charge in [-0.25, -0.2) is 4.79 Å². The fourth-order valence-corrected chi connectivity index (χ4v) is 0.258. The molecule has 0 saturated carbocycles. The zero-order valence-electron chi connectivity index (χ0n) is 6.20. The highest BCUT2D eigenvalue weighted by Crippen LogP contribution is 1.86. The van der Waals surface area contributed by atoms with Gasteiger partial charge in [-0.3, -0.25) is 0 Å². The Morgan fingerprint density at radius 1 is 1.60 bits per heavy atom. The van der Waals surface area contributed by atoms with Crippen LogP contribution < -0.4 is 0 Å². The van der Waals surface area contributed by atoms with Crippen LogP contribution >= 0.6 is 0 Å². The number of carbonyl (C=O) groups is 1. The molecule has 3 heteroatoms. The molecule has 0 spiro atoms. The van der Waals surface area contributed by atoms with Crippen molar-refractivity contribution < 1.29 is 9.53 Å². The molecule has 0 saturated heterocycles. The third-order valence-electron chi connectivity index (χ3n) is 0.749. The van der Waals surface area contributed by atoms with Gasteiger partial charge in [0.05, 0.1) is 6.26 Å². The third-order valence-corrected chi connectivity index (χ3v) is 0.749. The molecular weight excluding hydrogens is 130 g/mol. The van der Waals surface area contributed by atoms with Crippen LogP contribution in [0.4, 0.5) is 4.79 Å². The molecule has 0 heterocycles. The van der Waals surface area contributed by atoms with E-state index in [-0.39, 0.29) is 0 Å². The summed E-state index contributed by atoms with van der Waals surface area (Å²) >= 11 is 0. The van der Waals surface area contributed by atoms with E-state index in [1.165, 1.54) is 17.2 Å². The second-order valence-corrected chi connectivity index (χ2v) is 1.84. The maximum Gasteiger partial charge on any atom is 0.414 e. The predicted octanol–water partition coefficient (Wildman–Crippen LogP) is 1.38. The first-order valence-electron chi connectivity index (χ1n) is 2.84. The van der Waals surface area contributed by atoms with E-state index >= 15 is 0 Å². The van der Waals surface area contributed by atoms with Crippen LogP contribution in [0.1, 0.15) is 0 Å². The number of hydrogen-bond acceptors (Lipinski definition) is 2. The van der Waals surface area contributed by atoms with Gasteiger partial charge in [0.25, 0.3) is 0 Å². The van der Waals surface area contributed by atoms with Crippen LogP contribution in [0.2, 0.25) is 0 Å². The quantitative estimate of drug-likeness (QED) is 0.429. The fourth-order valence-electron chi connectivity index (χ4n) is 0.258. The Labute approximate surface area is 60.6 Å². The highest BCUT2D eigenvalue weighted by atomic mass is 16.5. The Morgan fingerprint density at radius 2 is 2.20 bits per heavy atom. The van der Waals surface area contributed by atoms with Crippen molar-refractivity contribution in [1.29, 1.82) is 0 Å². The molecule has 1 amide bonds. The average Bonchev–Trinajstić information content (AvgIpc) is 1.88. The van der Waals surface area contributed by atoms with E-state index in [0.29, 0.717) is 0 Å². The molecule has 3 nitrogen and oxygen atoms in total. The van der Waals surface area contributed by atoms with Gasteiger partial charge in [-0.2, -0.15) is 0 Å². The summed E-state index contributed by atoms with van der Waals surface area (Å²) in [5, 5.41) is 0. The van der Waals surface area contributed by atoms with Gasteiger partial charge in [0.2, 0.25) is 0 Å². The number of ether oxygens (including phenoxy) is 1. The number of carbonyl (C=O) groups excluding carboxylic acids is 1. The molecule has 0 aromatic carbocycles. The fraction of sp³-hybridized carbons (Fsp3) is 0.286. The molecular formula is C7H11NO2. The Hall–Kier alpha value is -1.25. The summed E-state index contributed by atoms with van der Waals surface area (Å²) in [6, 6.07) is 0. The van der Waals surface area contributed by atoms with Crippen LogP contribution in [0.3, 0.4) is 0 Å². The molecule has 0 rings (SSSR count). The van der Waals surface area contributed by atoms with Crippen LogP contribution in [0.15, 0.2) is 25.0 Å². The molecule has 0 unspecified atom stereocenters. The van der Waals surface area contributed by atoms with E-state index in [1.807, 2.05) is 0 Å². The smallest absolute Gasteiger partial charge is 0.414 e. The number of rotatable bonds is 2. The third kappa shape index (κ3) is 3.72. The van der Waals surface area contributed by atoms with Gasteiger partial charge >= 0.3 is 6.09 Å². The lowest BCUT2D eigenvalue weighted by Crippen LogP contribution is -2.20. The Morgan fingerprint density at radius 3 is 2.60 bits per heavy atom. The summed E-state index contributed by atoms with van der Waals surface area (Å²) in [7, 11) is 3.23. The molecule has 0 fully saturated rings. The summed E-state index contributed by atoms with van der Waals surface area (Å²) < 4.78 is 4.58. The van der Waals surface area contributed by atoms with Crippen LogP contribution in [0.25, 0.3) is 0 Å². The minimum Gasteiger partial charge on any atom is -0.418 e. The van der Waals surface area contributed by atoms with E-state index in [2.05, 4.69) is 11.3 Å². The van der Waals surface area contributed by atoms with Gasteiger partial charge in [-0.05, 0) is 6.08 Å². The van der Waals surface area contributed by atoms with Gasteiger partial charge in [0.1, 0.15) is 0 Å². The Bertz CT molecular complexity index is 150. The van der Waals surface area contributed by atoms with Crippen molar-refractivity contribution in [2.75, 3.05) is 14.1 Å². The van der Waals surface area contributed by atoms with E-state index < -0.39 is 6.09 Å². The summed E-state index contributed by atoms with van der Waals surface area (Å²) in [6.07, 6.45) is 3.97.